The summed E-state index contributed by atoms with van der Waals surface area (Å²) in [5.41, 5.74) is 0. The second-order valence-corrected chi connectivity index (χ2v) is 20.6. The molecule has 0 aromatic heterocycles. The molecular weight excluding hydrogens is 889 g/mol. The molecule has 0 heterocycles. The number of carbonyl (C=O) groups excluding carboxylic acids is 3. The molecule has 0 aromatic carbocycles. The Kier molecular flexibility index (Phi) is 57.8. The molecule has 0 aromatic rings. The van der Waals surface area contributed by atoms with Crippen LogP contribution >= 0.6 is 0 Å². The van der Waals surface area contributed by atoms with Gasteiger partial charge < -0.3 is 14.2 Å². The third-order valence-electron chi connectivity index (χ3n) is 13.4. The molecule has 0 amide bonds. The zero-order valence-electron chi connectivity index (χ0n) is 47.7. The predicted molar refractivity (Wildman–Crippen MR) is 311 cm³/mol. The largest absolute Gasteiger partial charge is 0.462 e. The third kappa shape index (κ3) is 57.7. The summed E-state index contributed by atoms with van der Waals surface area (Å²) in [5.74, 6) is -0.932. The molecule has 0 aliphatic heterocycles. The maximum Gasteiger partial charge on any atom is 0.306 e. The molecule has 0 spiro atoms. The Balaban J connectivity index is 4.36. The van der Waals surface area contributed by atoms with E-state index in [-0.39, 0.29) is 31.1 Å². The summed E-state index contributed by atoms with van der Waals surface area (Å²) in [6.07, 6.45) is 77.7. The molecule has 1 unspecified atom stereocenters. The van der Waals surface area contributed by atoms with Gasteiger partial charge in [0.05, 0.1) is 0 Å². The Morgan fingerprint density at radius 2 is 0.542 bits per heavy atom. The molecule has 0 N–H and O–H groups in total. The van der Waals surface area contributed by atoms with Crippen LogP contribution in [0.3, 0.4) is 0 Å². The van der Waals surface area contributed by atoms with Crippen LogP contribution in [0.5, 0.6) is 0 Å². The second kappa shape index (κ2) is 60.4. The minimum absolute atomic E-state index is 0.0911. The molecule has 0 fully saturated rings. The fraction of sp³-hybridized carbons (Fsp3) is 0.773. The highest BCUT2D eigenvalue weighted by Gasteiger charge is 2.19. The van der Waals surface area contributed by atoms with Crippen molar-refractivity contribution >= 4 is 17.9 Å². The van der Waals surface area contributed by atoms with Crippen molar-refractivity contribution in [2.24, 2.45) is 0 Å². The van der Waals surface area contributed by atoms with E-state index in [0.29, 0.717) is 19.3 Å². The smallest absolute Gasteiger partial charge is 0.306 e. The Hall–Kier alpha value is -3.15. The van der Waals surface area contributed by atoms with E-state index in [4.69, 9.17) is 14.2 Å². The average molecular weight is 1010 g/mol. The lowest BCUT2D eigenvalue weighted by Gasteiger charge is -2.18. The van der Waals surface area contributed by atoms with Crippen LogP contribution in [0.4, 0.5) is 0 Å². The molecule has 416 valence electrons. The molecular formula is C66H116O6. The Labute approximate surface area is 446 Å². The topological polar surface area (TPSA) is 78.9 Å². The van der Waals surface area contributed by atoms with Crippen LogP contribution in [-0.4, -0.2) is 37.2 Å². The molecule has 6 heteroatoms. The number of rotatable bonds is 56. The Morgan fingerprint density at radius 3 is 0.889 bits per heavy atom. The highest BCUT2D eigenvalue weighted by atomic mass is 16.6. The lowest BCUT2D eigenvalue weighted by atomic mass is 10.0. The van der Waals surface area contributed by atoms with Crippen molar-refractivity contribution in [2.75, 3.05) is 13.2 Å². The van der Waals surface area contributed by atoms with Crippen LogP contribution in [0.2, 0.25) is 0 Å². The van der Waals surface area contributed by atoms with Crippen LogP contribution in [0.1, 0.15) is 310 Å². The quantitative estimate of drug-likeness (QED) is 0.0261. The highest BCUT2D eigenvalue weighted by molar-refractivity contribution is 5.71. The maximum absolute atomic E-state index is 12.9. The number of unbranched alkanes of at least 4 members (excludes halogenated alkanes) is 33. The minimum atomic E-state index is -0.797. The fourth-order valence-corrected chi connectivity index (χ4v) is 8.78. The molecule has 72 heavy (non-hydrogen) atoms. The number of ether oxygens (including phenoxy) is 3. The normalized spacial score (nSPS) is 12.5. The van der Waals surface area contributed by atoms with Gasteiger partial charge in [-0.2, -0.15) is 0 Å². The first-order valence-electron chi connectivity index (χ1n) is 30.9. The SMILES string of the molecule is CC/C=C\C/C=C\C/C=C\C/C=C\CCCCC(=O)OCC(COC(=O)CCCCCCCCCCCCC/C=C\CCCCCCCCCC)OC(=O)CCCCCCC/C=C\CCCCCCCCC. The Morgan fingerprint density at radius 1 is 0.292 bits per heavy atom. The average Bonchev–Trinajstić information content (AvgIpc) is 3.38. The van der Waals surface area contributed by atoms with Gasteiger partial charge in [-0.05, 0) is 109 Å². The number of carbonyl (C=O) groups is 3. The first-order chi connectivity index (χ1) is 35.5. The zero-order valence-corrected chi connectivity index (χ0v) is 47.7. The number of esters is 3. The van der Waals surface area contributed by atoms with Gasteiger partial charge in [-0.15, -0.1) is 0 Å². The van der Waals surface area contributed by atoms with E-state index < -0.39 is 6.10 Å². The summed E-state index contributed by atoms with van der Waals surface area (Å²) < 4.78 is 16.9. The standard InChI is InChI=1S/C66H116O6/c1-4-7-10-13-16-19-22-25-28-30-31-32-33-34-35-36-39-41-44-47-50-53-56-59-65(68)71-62-63(61-70-64(67)58-55-52-49-46-43-40-37-27-24-21-18-15-12-9-6-3)72-66(69)60-57-54-51-48-45-42-38-29-26-23-20-17-14-11-8-5-2/h9,12,18,21,27,29-31,37-38,43,46,63H,4-8,10-11,13-17,19-20,22-26,28,32-36,39-42,44-45,47-62H2,1-3H3/b12-9-,21-18-,31-30-,37-27-,38-29-,46-43-. The van der Waals surface area contributed by atoms with Crippen molar-refractivity contribution in [3.8, 4) is 0 Å². The van der Waals surface area contributed by atoms with Gasteiger partial charge in [0.1, 0.15) is 13.2 Å². The predicted octanol–water partition coefficient (Wildman–Crippen LogP) is 20.9. The monoisotopic (exact) mass is 1000 g/mol. The van der Waals surface area contributed by atoms with Crippen molar-refractivity contribution in [3.05, 3.63) is 72.9 Å². The first kappa shape index (κ1) is 68.8. The van der Waals surface area contributed by atoms with Gasteiger partial charge in [0.15, 0.2) is 6.10 Å². The fourth-order valence-electron chi connectivity index (χ4n) is 8.78. The highest BCUT2D eigenvalue weighted by Crippen LogP contribution is 2.16. The lowest BCUT2D eigenvalue weighted by Crippen LogP contribution is -2.30. The number of hydrogen-bond donors (Lipinski definition) is 0. The van der Waals surface area contributed by atoms with E-state index in [0.717, 1.165) is 96.3 Å². The molecule has 0 radical (unpaired) electrons. The number of allylic oxidation sites excluding steroid dienone is 12. The van der Waals surface area contributed by atoms with E-state index in [1.807, 2.05) is 0 Å². The number of hydrogen-bond acceptors (Lipinski definition) is 6. The molecule has 6 nitrogen and oxygen atoms in total. The molecule has 0 bridgehead atoms. The van der Waals surface area contributed by atoms with Gasteiger partial charge in [0.25, 0.3) is 0 Å². The van der Waals surface area contributed by atoms with E-state index in [2.05, 4.69) is 93.7 Å². The Bertz CT molecular complexity index is 1340. The van der Waals surface area contributed by atoms with Crippen molar-refractivity contribution < 1.29 is 28.6 Å². The van der Waals surface area contributed by atoms with Gasteiger partial charge >= 0.3 is 17.9 Å². The third-order valence-corrected chi connectivity index (χ3v) is 13.4. The van der Waals surface area contributed by atoms with Crippen LogP contribution in [0.15, 0.2) is 72.9 Å². The van der Waals surface area contributed by atoms with Crippen LogP contribution in [0, 0.1) is 0 Å². The van der Waals surface area contributed by atoms with Crippen molar-refractivity contribution in [3.63, 3.8) is 0 Å². The molecule has 0 saturated heterocycles. The first-order valence-corrected chi connectivity index (χ1v) is 30.9. The van der Waals surface area contributed by atoms with E-state index in [9.17, 15) is 14.4 Å². The van der Waals surface area contributed by atoms with Crippen LogP contribution in [-0.2, 0) is 28.6 Å². The molecule has 0 aliphatic carbocycles. The summed E-state index contributed by atoms with van der Waals surface area (Å²) in [5, 5.41) is 0. The molecule has 0 aliphatic rings. The molecule has 0 saturated carbocycles. The minimum Gasteiger partial charge on any atom is -0.462 e. The van der Waals surface area contributed by atoms with Gasteiger partial charge in [-0.1, -0.05) is 254 Å². The van der Waals surface area contributed by atoms with E-state index in [1.165, 1.54) is 173 Å². The van der Waals surface area contributed by atoms with Gasteiger partial charge in [-0.25, -0.2) is 0 Å². The summed E-state index contributed by atoms with van der Waals surface area (Å²) >= 11 is 0. The van der Waals surface area contributed by atoms with Crippen LogP contribution < -0.4 is 0 Å². The van der Waals surface area contributed by atoms with Crippen molar-refractivity contribution in [1.29, 1.82) is 0 Å². The van der Waals surface area contributed by atoms with Crippen molar-refractivity contribution in [1.82, 2.24) is 0 Å². The molecule has 0 rings (SSSR count). The zero-order chi connectivity index (χ0) is 52.2. The summed E-state index contributed by atoms with van der Waals surface area (Å²) in [4.78, 5) is 38.2. The van der Waals surface area contributed by atoms with E-state index in [1.54, 1.807) is 0 Å². The second-order valence-electron chi connectivity index (χ2n) is 20.6. The van der Waals surface area contributed by atoms with E-state index >= 15 is 0 Å². The van der Waals surface area contributed by atoms with Crippen molar-refractivity contribution in [2.45, 2.75) is 316 Å². The summed E-state index contributed by atoms with van der Waals surface area (Å²) in [6.45, 7) is 6.51. The lowest BCUT2D eigenvalue weighted by molar-refractivity contribution is -0.167. The van der Waals surface area contributed by atoms with Gasteiger partial charge in [0.2, 0.25) is 0 Å². The van der Waals surface area contributed by atoms with Gasteiger partial charge in [-0.3, -0.25) is 14.4 Å². The summed E-state index contributed by atoms with van der Waals surface area (Å²) in [7, 11) is 0. The molecule has 1 atom stereocenters. The maximum atomic E-state index is 12.9. The van der Waals surface area contributed by atoms with Gasteiger partial charge in [0, 0.05) is 19.3 Å². The summed E-state index contributed by atoms with van der Waals surface area (Å²) in [6, 6.07) is 0. The van der Waals surface area contributed by atoms with Crippen LogP contribution in [0.25, 0.3) is 0 Å².